The van der Waals surface area contributed by atoms with Gasteiger partial charge in [0.2, 0.25) is 0 Å². The van der Waals surface area contributed by atoms with Crippen molar-refractivity contribution < 1.29 is 9.53 Å². The van der Waals surface area contributed by atoms with Gasteiger partial charge < -0.3 is 9.64 Å². The lowest BCUT2D eigenvalue weighted by Gasteiger charge is -2.33. The molecule has 0 N–H and O–H groups in total. The molecule has 6 heteroatoms. The maximum atomic E-state index is 13.0. The smallest absolute Gasteiger partial charge is 0.257 e. The molecule has 1 amide bonds. The number of nitrogens with zero attached hydrogens (tertiary/aromatic N) is 4. The van der Waals surface area contributed by atoms with Crippen LogP contribution >= 0.6 is 0 Å². The van der Waals surface area contributed by atoms with Crippen molar-refractivity contribution in [1.82, 2.24) is 19.9 Å². The quantitative estimate of drug-likeness (QED) is 0.799. The summed E-state index contributed by atoms with van der Waals surface area (Å²) >= 11 is 0. The lowest BCUT2D eigenvalue weighted by Crippen LogP contribution is -2.42. The minimum Gasteiger partial charge on any atom is -0.376 e. The minimum absolute atomic E-state index is 0.00476. The van der Waals surface area contributed by atoms with Crippen molar-refractivity contribution >= 4 is 5.91 Å². The number of rotatable bonds is 6. The van der Waals surface area contributed by atoms with Gasteiger partial charge in [0.15, 0.2) is 5.82 Å². The Kier molecular flexibility index (Phi) is 5.20. The zero-order valence-electron chi connectivity index (χ0n) is 14.9. The molecule has 4 rings (SSSR count). The third-order valence-corrected chi connectivity index (χ3v) is 5.26. The van der Waals surface area contributed by atoms with E-state index in [1.54, 1.807) is 24.8 Å². The molecule has 0 bridgehead atoms. The number of hydrogen-bond donors (Lipinski definition) is 0. The van der Waals surface area contributed by atoms with Crippen molar-refractivity contribution in [2.75, 3.05) is 19.7 Å². The van der Waals surface area contributed by atoms with Crippen LogP contribution in [0.5, 0.6) is 0 Å². The number of aromatic nitrogens is 3. The molecular weight excluding hydrogens is 328 g/mol. The number of ether oxygens (including phenoxy) is 1. The Bertz CT molecular complexity index is 725. The second-order valence-corrected chi connectivity index (χ2v) is 7.18. The third-order valence-electron chi connectivity index (χ3n) is 5.26. The predicted molar refractivity (Wildman–Crippen MR) is 97.5 cm³/mol. The van der Waals surface area contributed by atoms with E-state index in [0.717, 1.165) is 31.6 Å². The van der Waals surface area contributed by atoms with E-state index in [1.807, 2.05) is 17.0 Å². The van der Waals surface area contributed by atoms with E-state index < -0.39 is 0 Å². The summed E-state index contributed by atoms with van der Waals surface area (Å²) in [5.41, 5.74) is 1.38. The second kappa shape index (κ2) is 7.91. The molecule has 2 aliphatic rings. The van der Waals surface area contributed by atoms with Gasteiger partial charge >= 0.3 is 0 Å². The first-order chi connectivity index (χ1) is 12.8. The van der Waals surface area contributed by atoms with Crippen molar-refractivity contribution in [2.24, 2.45) is 5.92 Å². The van der Waals surface area contributed by atoms with E-state index >= 15 is 0 Å². The monoisotopic (exact) mass is 352 g/mol. The molecule has 1 saturated carbocycles. The van der Waals surface area contributed by atoms with Gasteiger partial charge in [-0.2, -0.15) is 0 Å². The molecule has 136 valence electrons. The van der Waals surface area contributed by atoms with Crippen LogP contribution in [0.3, 0.4) is 0 Å². The molecule has 6 nitrogen and oxygen atoms in total. The molecule has 0 radical (unpaired) electrons. The summed E-state index contributed by atoms with van der Waals surface area (Å²) in [6.45, 7) is 2.28. The van der Waals surface area contributed by atoms with Crippen molar-refractivity contribution in [3.8, 4) is 11.4 Å². The first-order valence-electron chi connectivity index (χ1n) is 9.43. The number of hydrogen-bond acceptors (Lipinski definition) is 5. The fraction of sp³-hybridized carbons (Fsp3) is 0.500. The van der Waals surface area contributed by atoms with Gasteiger partial charge in [0.05, 0.1) is 11.7 Å². The van der Waals surface area contributed by atoms with Crippen LogP contribution in [0, 0.1) is 5.92 Å². The Morgan fingerprint density at radius 3 is 2.58 bits per heavy atom. The van der Waals surface area contributed by atoms with Crippen LogP contribution in [0.25, 0.3) is 11.4 Å². The van der Waals surface area contributed by atoms with E-state index in [2.05, 4.69) is 15.0 Å². The lowest BCUT2D eigenvalue weighted by atomic mass is 9.85. The molecule has 2 aromatic heterocycles. The fourth-order valence-corrected chi connectivity index (χ4v) is 3.53. The van der Waals surface area contributed by atoms with Crippen molar-refractivity contribution in [1.29, 1.82) is 0 Å². The third kappa shape index (κ3) is 3.90. The summed E-state index contributed by atoms with van der Waals surface area (Å²) in [4.78, 5) is 27.8. The second-order valence-electron chi connectivity index (χ2n) is 7.18. The molecule has 3 heterocycles. The Morgan fingerprint density at radius 1 is 1.12 bits per heavy atom. The highest BCUT2D eigenvalue weighted by Crippen LogP contribution is 2.28. The summed E-state index contributed by atoms with van der Waals surface area (Å²) < 4.78 is 5.75. The summed E-state index contributed by atoms with van der Waals surface area (Å²) in [5, 5.41) is 0. The van der Waals surface area contributed by atoms with E-state index in [1.165, 1.54) is 19.3 Å². The van der Waals surface area contributed by atoms with E-state index in [-0.39, 0.29) is 12.0 Å². The van der Waals surface area contributed by atoms with Gasteiger partial charge in [-0.15, -0.1) is 0 Å². The summed E-state index contributed by atoms with van der Waals surface area (Å²) in [6, 6.07) is 3.75. The number of amides is 1. The highest BCUT2D eigenvalue weighted by Gasteiger charge is 2.28. The minimum atomic E-state index is 0.00476. The average molecular weight is 352 g/mol. The molecule has 1 unspecified atom stereocenters. The highest BCUT2D eigenvalue weighted by molar-refractivity contribution is 5.93. The van der Waals surface area contributed by atoms with E-state index in [0.29, 0.717) is 23.9 Å². The highest BCUT2D eigenvalue weighted by atomic mass is 16.5. The molecule has 1 aliphatic carbocycles. The maximum absolute atomic E-state index is 13.0. The van der Waals surface area contributed by atoms with Crippen LogP contribution in [-0.4, -0.2) is 51.6 Å². The largest absolute Gasteiger partial charge is 0.376 e. The van der Waals surface area contributed by atoms with Crippen LogP contribution in [0.15, 0.2) is 36.9 Å². The van der Waals surface area contributed by atoms with Crippen molar-refractivity contribution in [3.05, 3.63) is 42.5 Å². The Labute approximate surface area is 153 Å². The zero-order valence-corrected chi connectivity index (χ0v) is 14.9. The topological polar surface area (TPSA) is 68.2 Å². The normalized spacial score (nSPS) is 19.9. The van der Waals surface area contributed by atoms with Gasteiger partial charge in [-0.3, -0.25) is 9.78 Å². The summed E-state index contributed by atoms with van der Waals surface area (Å²) in [5.74, 6) is 1.21. The van der Waals surface area contributed by atoms with Gasteiger partial charge in [-0.05, 0) is 43.7 Å². The molecule has 2 aromatic rings. The van der Waals surface area contributed by atoms with Crippen molar-refractivity contribution in [3.63, 3.8) is 0 Å². The van der Waals surface area contributed by atoms with Gasteiger partial charge in [0.1, 0.15) is 0 Å². The molecular formula is C20H24N4O2. The van der Waals surface area contributed by atoms with Crippen molar-refractivity contribution in [2.45, 2.75) is 38.2 Å². The molecule has 0 aromatic carbocycles. The number of carbonyl (C=O) groups excluding carboxylic acids is 1. The Hall–Kier alpha value is -2.34. The van der Waals surface area contributed by atoms with E-state index in [4.69, 9.17) is 4.74 Å². The first kappa shape index (κ1) is 17.1. The van der Waals surface area contributed by atoms with Crippen LogP contribution in [0.2, 0.25) is 0 Å². The Balaban J connectivity index is 1.48. The van der Waals surface area contributed by atoms with Gasteiger partial charge in [-0.1, -0.05) is 6.42 Å². The van der Waals surface area contributed by atoms with Crippen LogP contribution in [0.4, 0.5) is 0 Å². The fourth-order valence-electron chi connectivity index (χ4n) is 3.53. The molecule has 1 aliphatic heterocycles. The standard InChI is InChI=1S/C20H24N4O2/c25-20(17-11-22-19(23-12-17)16-6-2-8-21-10-16)24(13-15-4-1-5-15)14-18-7-3-9-26-18/h2,6,8,10-12,15,18H,1,3-5,7,9,13-14H2. The SMILES string of the molecule is O=C(c1cnc(-c2cccnc2)nc1)N(CC1CCC1)CC1CCCO1. The molecule has 0 spiro atoms. The summed E-state index contributed by atoms with van der Waals surface area (Å²) in [6.07, 6.45) is 12.7. The van der Waals surface area contributed by atoms with Gasteiger partial charge in [-0.25, -0.2) is 9.97 Å². The molecule has 26 heavy (non-hydrogen) atoms. The predicted octanol–water partition coefficient (Wildman–Crippen LogP) is 2.96. The Morgan fingerprint density at radius 2 is 1.96 bits per heavy atom. The molecule has 1 atom stereocenters. The summed E-state index contributed by atoms with van der Waals surface area (Å²) in [7, 11) is 0. The van der Waals surface area contributed by atoms with E-state index in [9.17, 15) is 4.79 Å². The van der Waals surface area contributed by atoms with Crippen LogP contribution in [0.1, 0.15) is 42.5 Å². The average Bonchev–Trinajstić information content (AvgIpc) is 3.17. The van der Waals surface area contributed by atoms with Gasteiger partial charge in [0.25, 0.3) is 5.91 Å². The zero-order chi connectivity index (χ0) is 17.8. The van der Waals surface area contributed by atoms with Gasteiger partial charge in [0, 0.05) is 50.0 Å². The maximum Gasteiger partial charge on any atom is 0.257 e. The lowest BCUT2D eigenvalue weighted by molar-refractivity contribution is 0.0447. The molecule has 1 saturated heterocycles. The number of pyridine rings is 1. The van der Waals surface area contributed by atoms with Crippen LogP contribution in [-0.2, 0) is 4.74 Å². The van der Waals surface area contributed by atoms with Crippen LogP contribution < -0.4 is 0 Å². The number of carbonyl (C=O) groups is 1. The first-order valence-corrected chi connectivity index (χ1v) is 9.43. The molecule has 2 fully saturated rings.